The Labute approximate surface area is 183 Å². The fourth-order valence-corrected chi connectivity index (χ4v) is 3.13. The van der Waals surface area contributed by atoms with E-state index in [9.17, 15) is 4.79 Å². The van der Waals surface area contributed by atoms with Gasteiger partial charge >= 0.3 is 0 Å². The van der Waals surface area contributed by atoms with Crippen LogP contribution in [0.25, 0.3) is 5.69 Å². The molecule has 1 amide bonds. The highest BCUT2D eigenvalue weighted by Crippen LogP contribution is 2.09. The molecule has 1 aromatic heterocycles. The molecule has 3 rings (SSSR count). The van der Waals surface area contributed by atoms with Crippen LogP contribution in [-0.2, 0) is 13.0 Å². The third-order valence-electron chi connectivity index (χ3n) is 4.82. The normalized spacial score (nSPS) is 11.2. The summed E-state index contributed by atoms with van der Waals surface area (Å²) in [6.07, 6.45) is 5.50. The van der Waals surface area contributed by atoms with Gasteiger partial charge in [-0.2, -0.15) is 5.10 Å². The first-order valence-corrected chi connectivity index (χ1v) is 10.6. The van der Waals surface area contributed by atoms with Gasteiger partial charge in [0.25, 0.3) is 5.91 Å². The van der Waals surface area contributed by atoms with Crippen molar-refractivity contribution < 1.29 is 4.79 Å². The van der Waals surface area contributed by atoms with Crippen molar-refractivity contribution in [1.82, 2.24) is 25.7 Å². The second kappa shape index (κ2) is 11.5. The number of aromatic nitrogens is 2. The highest BCUT2D eigenvalue weighted by molar-refractivity contribution is 5.94. The van der Waals surface area contributed by atoms with E-state index in [1.807, 2.05) is 48.1 Å². The molecule has 0 aliphatic heterocycles. The lowest BCUT2D eigenvalue weighted by Crippen LogP contribution is -2.37. The number of guanidine groups is 1. The first-order chi connectivity index (χ1) is 15.2. The van der Waals surface area contributed by atoms with Crippen LogP contribution in [0.15, 0.2) is 72.0 Å². The molecule has 0 bridgehead atoms. The molecule has 0 fully saturated rings. The number of hydrogen-bond acceptors (Lipinski definition) is 3. The molecule has 0 saturated heterocycles. The maximum atomic E-state index is 12.1. The molecule has 0 saturated carbocycles. The zero-order valence-corrected chi connectivity index (χ0v) is 18.1. The summed E-state index contributed by atoms with van der Waals surface area (Å²) < 4.78 is 1.84. The second-order valence-electron chi connectivity index (χ2n) is 7.18. The van der Waals surface area contributed by atoms with E-state index in [4.69, 9.17) is 0 Å². The van der Waals surface area contributed by atoms with Crippen LogP contribution in [0, 0.1) is 0 Å². The van der Waals surface area contributed by atoms with Gasteiger partial charge < -0.3 is 16.0 Å². The van der Waals surface area contributed by atoms with Crippen LogP contribution >= 0.6 is 0 Å². The molecular formula is C24H30N6O. The lowest BCUT2D eigenvalue weighted by molar-refractivity contribution is 0.0953. The first-order valence-electron chi connectivity index (χ1n) is 10.6. The minimum atomic E-state index is -0.0372. The van der Waals surface area contributed by atoms with Gasteiger partial charge in [-0.25, -0.2) is 4.68 Å². The molecule has 3 aromatic rings. The van der Waals surface area contributed by atoms with Crippen LogP contribution in [0.1, 0.15) is 34.8 Å². The van der Waals surface area contributed by atoms with Crippen LogP contribution in [0.2, 0.25) is 0 Å². The number of nitrogens with zero attached hydrogens (tertiary/aromatic N) is 3. The third kappa shape index (κ3) is 6.70. The van der Waals surface area contributed by atoms with E-state index in [0.717, 1.165) is 36.6 Å². The highest BCUT2D eigenvalue weighted by Gasteiger charge is 2.06. The number of benzene rings is 2. The Hall–Kier alpha value is -3.61. The van der Waals surface area contributed by atoms with E-state index in [-0.39, 0.29) is 5.91 Å². The third-order valence-corrected chi connectivity index (χ3v) is 4.82. The smallest absolute Gasteiger partial charge is 0.251 e. The molecular weight excluding hydrogens is 388 g/mol. The summed E-state index contributed by atoms with van der Waals surface area (Å²) in [6, 6.07) is 17.9. The van der Waals surface area contributed by atoms with Gasteiger partial charge in [0, 0.05) is 44.6 Å². The number of rotatable bonds is 9. The lowest BCUT2D eigenvalue weighted by atomic mass is 10.1. The minimum Gasteiger partial charge on any atom is -0.356 e. The number of carbonyl (C=O) groups excluding carboxylic acids is 1. The van der Waals surface area contributed by atoms with Crippen LogP contribution in [0.5, 0.6) is 0 Å². The quantitative estimate of drug-likeness (QED) is 0.369. The number of aliphatic imine (C=N–C) groups is 1. The largest absolute Gasteiger partial charge is 0.356 e. The van der Waals surface area contributed by atoms with Crippen LogP contribution < -0.4 is 16.0 Å². The molecule has 7 heteroatoms. The molecule has 0 unspecified atom stereocenters. The highest BCUT2D eigenvalue weighted by atomic mass is 16.1. The van der Waals surface area contributed by atoms with Crippen molar-refractivity contribution in [2.75, 3.05) is 20.1 Å². The zero-order valence-electron chi connectivity index (χ0n) is 18.1. The van der Waals surface area contributed by atoms with Crippen molar-refractivity contribution in [3.8, 4) is 5.69 Å². The van der Waals surface area contributed by atoms with Crippen LogP contribution in [-0.4, -0.2) is 41.8 Å². The monoisotopic (exact) mass is 418 g/mol. The molecule has 2 aromatic carbocycles. The Kier molecular flexibility index (Phi) is 8.22. The predicted molar refractivity (Wildman–Crippen MR) is 125 cm³/mol. The average molecular weight is 419 g/mol. The predicted octanol–water partition coefficient (Wildman–Crippen LogP) is 2.92. The molecule has 0 aliphatic carbocycles. The topological polar surface area (TPSA) is 83.3 Å². The Balaban J connectivity index is 1.45. The van der Waals surface area contributed by atoms with E-state index in [1.54, 1.807) is 13.2 Å². The summed E-state index contributed by atoms with van der Waals surface area (Å²) >= 11 is 0. The molecule has 0 spiro atoms. The van der Waals surface area contributed by atoms with E-state index in [0.29, 0.717) is 18.7 Å². The second-order valence-corrected chi connectivity index (χ2v) is 7.18. The van der Waals surface area contributed by atoms with E-state index in [2.05, 4.69) is 50.3 Å². The van der Waals surface area contributed by atoms with Gasteiger partial charge in [-0.1, -0.05) is 31.2 Å². The SMILES string of the molecule is CCCNC(=O)c1cccc(CNC(=NC)NCCc2ccc(-n3cccn3)cc2)c1. The fourth-order valence-electron chi connectivity index (χ4n) is 3.13. The maximum Gasteiger partial charge on any atom is 0.251 e. The minimum absolute atomic E-state index is 0.0372. The van der Waals surface area contributed by atoms with Crippen LogP contribution in [0.3, 0.4) is 0 Å². The average Bonchev–Trinajstić information content (AvgIpc) is 3.35. The van der Waals surface area contributed by atoms with Gasteiger partial charge in [0.15, 0.2) is 5.96 Å². The van der Waals surface area contributed by atoms with Crippen molar-refractivity contribution >= 4 is 11.9 Å². The number of nitrogens with one attached hydrogen (secondary N) is 3. The summed E-state index contributed by atoms with van der Waals surface area (Å²) in [7, 11) is 1.75. The summed E-state index contributed by atoms with van der Waals surface area (Å²) in [5.74, 6) is 0.693. The van der Waals surface area contributed by atoms with Crippen molar-refractivity contribution in [1.29, 1.82) is 0 Å². The van der Waals surface area contributed by atoms with E-state index in [1.165, 1.54) is 5.56 Å². The van der Waals surface area contributed by atoms with Crippen LogP contribution in [0.4, 0.5) is 0 Å². The molecule has 0 radical (unpaired) electrons. The molecule has 3 N–H and O–H groups in total. The van der Waals surface area contributed by atoms with Crippen molar-refractivity contribution in [3.05, 3.63) is 83.7 Å². The molecule has 31 heavy (non-hydrogen) atoms. The number of carbonyl (C=O) groups is 1. The van der Waals surface area contributed by atoms with E-state index < -0.39 is 0 Å². The molecule has 162 valence electrons. The Morgan fingerprint density at radius 2 is 1.84 bits per heavy atom. The summed E-state index contributed by atoms with van der Waals surface area (Å²) in [4.78, 5) is 16.4. The summed E-state index contributed by atoms with van der Waals surface area (Å²) in [6.45, 7) is 4.08. The molecule has 0 aliphatic rings. The maximum absolute atomic E-state index is 12.1. The zero-order chi connectivity index (χ0) is 21.9. The van der Waals surface area contributed by atoms with Gasteiger partial charge in [0.2, 0.25) is 0 Å². The van der Waals surface area contributed by atoms with Gasteiger partial charge in [0.1, 0.15) is 0 Å². The number of hydrogen-bond donors (Lipinski definition) is 3. The van der Waals surface area contributed by atoms with Crippen molar-refractivity contribution in [2.45, 2.75) is 26.3 Å². The van der Waals surface area contributed by atoms with E-state index >= 15 is 0 Å². The van der Waals surface area contributed by atoms with Crippen molar-refractivity contribution in [2.24, 2.45) is 4.99 Å². The number of amides is 1. The molecule has 1 heterocycles. The fraction of sp³-hybridized carbons (Fsp3) is 0.292. The lowest BCUT2D eigenvalue weighted by Gasteiger charge is -2.13. The summed E-state index contributed by atoms with van der Waals surface area (Å²) in [5.41, 5.74) is 3.99. The van der Waals surface area contributed by atoms with Gasteiger partial charge in [-0.15, -0.1) is 0 Å². The van der Waals surface area contributed by atoms with Gasteiger partial charge in [-0.3, -0.25) is 9.79 Å². The molecule has 0 atom stereocenters. The Morgan fingerprint density at radius 3 is 2.55 bits per heavy atom. The Morgan fingerprint density at radius 1 is 1.00 bits per heavy atom. The van der Waals surface area contributed by atoms with Gasteiger partial charge in [-0.05, 0) is 54.3 Å². The first kappa shape index (κ1) is 22.1. The standard InChI is InChI=1S/C24H30N6O/c1-3-13-26-23(31)21-7-4-6-20(17-21)18-28-24(25-2)27-15-12-19-8-10-22(11-9-19)30-16-5-14-29-30/h4-11,14,16-17H,3,12-13,15,18H2,1-2H3,(H,26,31)(H2,25,27,28). The molecule has 7 nitrogen and oxygen atoms in total. The van der Waals surface area contributed by atoms with Crippen molar-refractivity contribution in [3.63, 3.8) is 0 Å². The summed E-state index contributed by atoms with van der Waals surface area (Å²) in [5, 5.41) is 13.8. The van der Waals surface area contributed by atoms with Gasteiger partial charge in [0.05, 0.1) is 5.69 Å². The Bertz CT molecular complexity index is 980.